The van der Waals surface area contributed by atoms with Crippen molar-refractivity contribution in [3.63, 3.8) is 0 Å². The summed E-state index contributed by atoms with van der Waals surface area (Å²) in [6, 6.07) is 3.72. The van der Waals surface area contributed by atoms with Gasteiger partial charge in [0.1, 0.15) is 0 Å². The highest BCUT2D eigenvalue weighted by Gasteiger charge is 2.30. The van der Waals surface area contributed by atoms with Gasteiger partial charge in [-0.25, -0.2) is 19.9 Å². The van der Waals surface area contributed by atoms with Gasteiger partial charge < -0.3 is 4.90 Å². The zero-order valence-corrected chi connectivity index (χ0v) is 15.5. The molecule has 0 spiro atoms. The largest absolute Gasteiger partial charge is 0.342 e. The monoisotopic (exact) mass is 366 g/mol. The molecule has 27 heavy (non-hydrogen) atoms. The molecule has 1 aliphatic heterocycles. The summed E-state index contributed by atoms with van der Waals surface area (Å²) >= 11 is 0. The summed E-state index contributed by atoms with van der Waals surface area (Å²) in [6.45, 7) is 1.63. The maximum Gasteiger partial charge on any atom is 0.229 e. The van der Waals surface area contributed by atoms with E-state index in [1.165, 1.54) is 19.3 Å². The molecular formula is C20H26N6O. The average molecular weight is 366 g/mol. The number of hydrogen-bond acceptors (Lipinski definition) is 6. The van der Waals surface area contributed by atoms with Gasteiger partial charge in [-0.3, -0.25) is 10.1 Å². The summed E-state index contributed by atoms with van der Waals surface area (Å²) in [6.07, 6.45) is 12.9. The number of likely N-dealkylation sites (tertiary alicyclic amines) is 1. The molecule has 3 heterocycles. The number of aromatic nitrogens is 4. The second-order valence-electron chi connectivity index (χ2n) is 7.46. The normalized spacial score (nSPS) is 21.0. The van der Waals surface area contributed by atoms with Gasteiger partial charge in [0.15, 0.2) is 0 Å². The van der Waals surface area contributed by atoms with Gasteiger partial charge >= 0.3 is 0 Å². The molecule has 4 rings (SSSR count). The van der Waals surface area contributed by atoms with Crippen LogP contribution in [0.15, 0.2) is 30.7 Å². The van der Waals surface area contributed by atoms with Crippen molar-refractivity contribution in [2.24, 2.45) is 5.92 Å². The van der Waals surface area contributed by atoms with E-state index in [1.54, 1.807) is 24.7 Å². The summed E-state index contributed by atoms with van der Waals surface area (Å²) < 4.78 is 0. The third-order valence-electron chi connectivity index (χ3n) is 5.57. The van der Waals surface area contributed by atoms with Crippen molar-refractivity contribution in [2.45, 2.75) is 50.9 Å². The van der Waals surface area contributed by atoms with Crippen LogP contribution in [-0.4, -0.2) is 43.8 Å². The lowest BCUT2D eigenvalue weighted by Crippen LogP contribution is -2.43. The highest BCUT2D eigenvalue weighted by Crippen LogP contribution is 2.30. The third-order valence-corrected chi connectivity index (χ3v) is 5.57. The van der Waals surface area contributed by atoms with Crippen LogP contribution < -0.4 is 5.32 Å². The van der Waals surface area contributed by atoms with Crippen molar-refractivity contribution in [1.29, 1.82) is 0 Å². The smallest absolute Gasteiger partial charge is 0.229 e. The average Bonchev–Trinajstić information content (AvgIpc) is 2.75. The van der Waals surface area contributed by atoms with E-state index in [2.05, 4.69) is 30.2 Å². The van der Waals surface area contributed by atoms with Crippen LogP contribution in [0.3, 0.4) is 0 Å². The molecule has 2 fully saturated rings. The zero-order chi connectivity index (χ0) is 18.5. The van der Waals surface area contributed by atoms with E-state index in [9.17, 15) is 4.79 Å². The predicted octanol–water partition coefficient (Wildman–Crippen LogP) is 3.30. The van der Waals surface area contributed by atoms with E-state index in [4.69, 9.17) is 0 Å². The van der Waals surface area contributed by atoms with E-state index in [0.717, 1.165) is 44.5 Å². The summed E-state index contributed by atoms with van der Waals surface area (Å²) in [5.74, 6) is 1.81. The number of carbonyl (C=O) groups is 1. The Morgan fingerprint density at radius 3 is 2.56 bits per heavy atom. The van der Waals surface area contributed by atoms with Gasteiger partial charge in [0, 0.05) is 43.5 Å². The van der Waals surface area contributed by atoms with Crippen molar-refractivity contribution < 1.29 is 4.79 Å². The minimum absolute atomic E-state index is 0.232. The lowest BCUT2D eigenvalue weighted by atomic mass is 9.87. The molecule has 0 bridgehead atoms. The van der Waals surface area contributed by atoms with Gasteiger partial charge in [-0.2, -0.15) is 0 Å². The van der Waals surface area contributed by atoms with Crippen molar-refractivity contribution in [1.82, 2.24) is 24.8 Å². The first-order valence-electron chi connectivity index (χ1n) is 9.95. The quantitative estimate of drug-likeness (QED) is 0.894. The number of nitrogens with one attached hydrogen (secondary N) is 1. The van der Waals surface area contributed by atoms with Gasteiger partial charge in [0.05, 0.1) is 5.69 Å². The van der Waals surface area contributed by atoms with Crippen LogP contribution in [0.2, 0.25) is 0 Å². The Bertz CT molecular complexity index is 762. The lowest BCUT2D eigenvalue weighted by molar-refractivity contribution is -0.137. The van der Waals surface area contributed by atoms with Crippen LogP contribution in [0.5, 0.6) is 0 Å². The lowest BCUT2D eigenvalue weighted by Gasteiger charge is -2.35. The van der Waals surface area contributed by atoms with Gasteiger partial charge in [0.2, 0.25) is 17.8 Å². The minimum Gasteiger partial charge on any atom is -0.342 e. The summed E-state index contributed by atoms with van der Waals surface area (Å²) in [5, 5.41) is 3.04. The molecule has 0 aromatic carbocycles. The molecule has 0 radical (unpaired) electrons. The molecule has 1 atom stereocenters. The molecule has 2 aliphatic rings. The highest BCUT2D eigenvalue weighted by molar-refractivity contribution is 5.79. The van der Waals surface area contributed by atoms with Crippen LogP contribution in [0.25, 0.3) is 0 Å². The summed E-state index contributed by atoms with van der Waals surface area (Å²) in [7, 11) is 0. The van der Waals surface area contributed by atoms with E-state index in [0.29, 0.717) is 17.8 Å². The molecular weight excluding hydrogens is 340 g/mol. The minimum atomic E-state index is 0.232. The Morgan fingerprint density at radius 1 is 0.963 bits per heavy atom. The van der Waals surface area contributed by atoms with Crippen molar-refractivity contribution in [3.05, 3.63) is 36.4 Å². The molecule has 7 nitrogen and oxygen atoms in total. The third kappa shape index (κ3) is 4.40. The Labute approximate surface area is 159 Å². The number of anilines is 2. The van der Waals surface area contributed by atoms with Crippen molar-refractivity contribution >= 4 is 17.8 Å². The number of hydrogen-bond donors (Lipinski definition) is 1. The molecule has 142 valence electrons. The highest BCUT2D eigenvalue weighted by atomic mass is 16.2. The van der Waals surface area contributed by atoms with Crippen LogP contribution in [0, 0.1) is 5.92 Å². The maximum absolute atomic E-state index is 12.9. The Morgan fingerprint density at radius 2 is 1.74 bits per heavy atom. The fourth-order valence-electron chi connectivity index (χ4n) is 4.15. The first-order valence-corrected chi connectivity index (χ1v) is 9.95. The van der Waals surface area contributed by atoms with Gasteiger partial charge in [-0.1, -0.05) is 19.3 Å². The molecule has 2 aromatic rings. The maximum atomic E-state index is 12.9. The summed E-state index contributed by atoms with van der Waals surface area (Å²) in [5.41, 5.74) is 0.976. The molecule has 1 saturated carbocycles. The molecule has 7 heteroatoms. The summed E-state index contributed by atoms with van der Waals surface area (Å²) in [4.78, 5) is 32.2. The zero-order valence-electron chi connectivity index (χ0n) is 15.5. The fraction of sp³-hybridized carbons (Fsp3) is 0.550. The standard InChI is InChI=1S/C20H26N6O/c27-18(15-6-2-1-3-7-15)26-13-4-8-16(14-26)17-9-12-23-20(24-17)25-19-21-10-5-11-22-19/h5,9-12,15-16H,1-4,6-8,13-14H2,(H,21,22,23,24,25). The Kier molecular flexibility index (Phi) is 5.55. The van der Waals surface area contributed by atoms with Gasteiger partial charge in [-0.15, -0.1) is 0 Å². The van der Waals surface area contributed by atoms with E-state index >= 15 is 0 Å². The molecule has 1 saturated heterocycles. The molecule has 1 N–H and O–H groups in total. The Balaban J connectivity index is 1.43. The number of nitrogens with zero attached hydrogens (tertiary/aromatic N) is 5. The first-order chi connectivity index (χ1) is 13.3. The van der Waals surface area contributed by atoms with Crippen LogP contribution in [-0.2, 0) is 4.79 Å². The molecule has 1 unspecified atom stereocenters. The predicted molar refractivity (Wildman–Crippen MR) is 102 cm³/mol. The number of amides is 1. The molecule has 2 aromatic heterocycles. The van der Waals surface area contributed by atoms with Crippen LogP contribution >= 0.6 is 0 Å². The van der Waals surface area contributed by atoms with Gasteiger partial charge in [0.25, 0.3) is 0 Å². The fourth-order valence-corrected chi connectivity index (χ4v) is 4.15. The van der Waals surface area contributed by atoms with E-state index < -0.39 is 0 Å². The molecule has 1 aliphatic carbocycles. The Hall–Kier alpha value is -2.57. The first kappa shape index (κ1) is 17.8. The van der Waals surface area contributed by atoms with Crippen molar-refractivity contribution in [3.8, 4) is 0 Å². The van der Waals surface area contributed by atoms with Crippen LogP contribution in [0.4, 0.5) is 11.9 Å². The number of piperidine rings is 1. The van der Waals surface area contributed by atoms with Crippen molar-refractivity contribution in [2.75, 3.05) is 18.4 Å². The number of rotatable bonds is 4. The molecule has 1 amide bonds. The second kappa shape index (κ2) is 8.41. The van der Waals surface area contributed by atoms with Gasteiger partial charge in [-0.05, 0) is 37.8 Å². The topological polar surface area (TPSA) is 83.9 Å². The SMILES string of the molecule is O=C(C1CCCCC1)N1CCCC(c2ccnc(Nc3ncccn3)n2)C1. The number of carbonyl (C=O) groups excluding carboxylic acids is 1. The van der Waals surface area contributed by atoms with Crippen LogP contribution in [0.1, 0.15) is 56.6 Å². The van der Waals surface area contributed by atoms with E-state index in [1.807, 2.05) is 6.07 Å². The van der Waals surface area contributed by atoms with E-state index in [-0.39, 0.29) is 11.8 Å². The second-order valence-corrected chi connectivity index (χ2v) is 7.46.